The van der Waals surface area contributed by atoms with Gasteiger partial charge in [0.15, 0.2) is 5.69 Å². The number of likely N-dealkylation sites (N-methyl/N-ethyl adjacent to an activating group) is 1. The molecular formula is C20H26N4O3. The molecule has 0 radical (unpaired) electrons. The standard InChI is InChI=1S/C20H26N4O3/c1-22(2)13-14-12-20(19(26)27-14)8-10-24(11-9-20)18(25)17-15-6-4-5-7-16(15)23(3)21-17/h4-7,14H,8-13H2,1-3H3. The molecule has 144 valence electrons. The number of nitrogens with zero attached hydrogens (tertiary/aromatic N) is 4. The number of amides is 1. The van der Waals surface area contributed by atoms with E-state index in [1.165, 1.54) is 0 Å². The zero-order valence-electron chi connectivity index (χ0n) is 16.1. The molecule has 0 saturated carbocycles. The first-order valence-corrected chi connectivity index (χ1v) is 9.46. The lowest BCUT2D eigenvalue weighted by molar-refractivity contribution is -0.150. The number of hydrogen-bond acceptors (Lipinski definition) is 5. The molecule has 4 rings (SSSR count). The Morgan fingerprint density at radius 2 is 2.00 bits per heavy atom. The van der Waals surface area contributed by atoms with Crippen LogP contribution in [-0.2, 0) is 16.6 Å². The number of carbonyl (C=O) groups is 2. The lowest BCUT2D eigenvalue weighted by atomic mass is 9.76. The van der Waals surface area contributed by atoms with Crippen molar-refractivity contribution in [2.24, 2.45) is 12.5 Å². The van der Waals surface area contributed by atoms with Crippen molar-refractivity contribution >= 4 is 22.8 Å². The first-order chi connectivity index (χ1) is 12.9. The number of fused-ring (bicyclic) bond motifs is 1. The largest absolute Gasteiger partial charge is 0.461 e. The first-order valence-electron chi connectivity index (χ1n) is 9.46. The van der Waals surface area contributed by atoms with Crippen LogP contribution >= 0.6 is 0 Å². The maximum absolute atomic E-state index is 13.0. The van der Waals surface area contributed by atoms with Gasteiger partial charge < -0.3 is 14.5 Å². The Labute approximate surface area is 158 Å². The van der Waals surface area contributed by atoms with Gasteiger partial charge in [0.05, 0.1) is 10.9 Å². The van der Waals surface area contributed by atoms with Crippen molar-refractivity contribution in [1.82, 2.24) is 19.6 Å². The van der Waals surface area contributed by atoms with Gasteiger partial charge in [0.1, 0.15) is 6.10 Å². The van der Waals surface area contributed by atoms with Crippen molar-refractivity contribution in [2.45, 2.75) is 25.4 Å². The molecule has 2 aliphatic heterocycles. The number of benzene rings is 1. The molecule has 1 amide bonds. The summed E-state index contributed by atoms with van der Waals surface area (Å²) in [5, 5.41) is 5.31. The number of rotatable bonds is 3. The van der Waals surface area contributed by atoms with Crippen LogP contribution in [0.3, 0.4) is 0 Å². The van der Waals surface area contributed by atoms with E-state index in [-0.39, 0.29) is 18.0 Å². The molecule has 7 nitrogen and oxygen atoms in total. The van der Waals surface area contributed by atoms with Crippen LogP contribution in [0.1, 0.15) is 29.8 Å². The van der Waals surface area contributed by atoms with Crippen LogP contribution in [0.2, 0.25) is 0 Å². The molecular weight excluding hydrogens is 344 g/mol. The normalized spacial score (nSPS) is 22.0. The minimum atomic E-state index is -0.427. The van der Waals surface area contributed by atoms with Crippen LogP contribution in [0.15, 0.2) is 24.3 Å². The lowest BCUT2D eigenvalue weighted by Gasteiger charge is -2.36. The van der Waals surface area contributed by atoms with Crippen LogP contribution < -0.4 is 0 Å². The molecule has 1 aromatic carbocycles. The van der Waals surface area contributed by atoms with Gasteiger partial charge in [0.25, 0.3) is 5.91 Å². The van der Waals surface area contributed by atoms with Crippen molar-refractivity contribution in [2.75, 3.05) is 33.7 Å². The van der Waals surface area contributed by atoms with Crippen molar-refractivity contribution in [3.63, 3.8) is 0 Å². The second kappa shape index (κ2) is 6.64. The summed E-state index contributed by atoms with van der Waals surface area (Å²) in [6.45, 7) is 1.87. The van der Waals surface area contributed by atoms with E-state index in [1.54, 1.807) is 4.68 Å². The molecule has 0 bridgehead atoms. The van der Waals surface area contributed by atoms with Crippen molar-refractivity contribution in [3.05, 3.63) is 30.0 Å². The van der Waals surface area contributed by atoms with E-state index in [0.29, 0.717) is 31.6 Å². The Balaban J connectivity index is 1.48. The van der Waals surface area contributed by atoms with Crippen LogP contribution in [0.25, 0.3) is 10.9 Å². The minimum Gasteiger partial charge on any atom is -0.461 e. The second-order valence-corrected chi connectivity index (χ2v) is 8.06. The lowest BCUT2D eigenvalue weighted by Crippen LogP contribution is -2.45. The number of aromatic nitrogens is 2. The van der Waals surface area contributed by atoms with E-state index in [1.807, 2.05) is 55.2 Å². The molecule has 1 unspecified atom stereocenters. The summed E-state index contributed by atoms with van der Waals surface area (Å²) in [6.07, 6.45) is 2.02. The van der Waals surface area contributed by atoms with Crippen LogP contribution in [0, 0.1) is 5.41 Å². The average molecular weight is 370 g/mol. The fraction of sp³-hybridized carbons (Fsp3) is 0.550. The zero-order valence-corrected chi connectivity index (χ0v) is 16.1. The highest BCUT2D eigenvalue weighted by atomic mass is 16.6. The molecule has 7 heteroatoms. The smallest absolute Gasteiger partial charge is 0.312 e. The van der Waals surface area contributed by atoms with E-state index in [2.05, 4.69) is 5.10 Å². The predicted octanol–water partition coefficient (Wildman–Crippen LogP) is 1.67. The number of esters is 1. The first kappa shape index (κ1) is 18.0. The number of piperidine rings is 1. The van der Waals surface area contributed by atoms with Crippen molar-refractivity contribution in [3.8, 4) is 0 Å². The summed E-state index contributed by atoms with van der Waals surface area (Å²) in [4.78, 5) is 29.4. The Hall–Kier alpha value is -2.41. The summed E-state index contributed by atoms with van der Waals surface area (Å²) in [6, 6.07) is 7.76. The SMILES string of the molecule is CN(C)CC1CC2(CCN(C(=O)c3nn(C)c4ccccc34)CC2)C(=O)O1. The number of carbonyl (C=O) groups excluding carboxylic acids is 2. The average Bonchev–Trinajstić information content (AvgIpc) is 3.12. The van der Waals surface area contributed by atoms with E-state index in [0.717, 1.165) is 23.9 Å². The fourth-order valence-corrected chi connectivity index (χ4v) is 4.41. The topological polar surface area (TPSA) is 67.7 Å². The number of para-hydroxylation sites is 1. The van der Waals surface area contributed by atoms with Gasteiger partial charge in [0, 0.05) is 38.5 Å². The van der Waals surface area contributed by atoms with Crippen molar-refractivity contribution < 1.29 is 14.3 Å². The van der Waals surface area contributed by atoms with Gasteiger partial charge in [-0.3, -0.25) is 14.3 Å². The minimum absolute atomic E-state index is 0.0468. The Kier molecular flexibility index (Phi) is 4.42. The highest BCUT2D eigenvalue weighted by Crippen LogP contribution is 2.43. The Morgan fingerprint density at radius 1 is 1.30 bits per heavy atom. The molecule has 27 heavy (non-hydrogen) atoms. The van der Waals surface area contributed by atoms with Crippen LogP contribution in [0.4, 0.5) is 0 Å². The Morgan fingerprint density at radius 3 is 2.70 bits per heavy atom. The molecule has 0 aliphatic carbocycles. The number of aryl methyl sites for hydroxylation is 1. The van der Waals surface area contributed by atoms with E-state index >= 15 is 0 Å². The number of cyclic esters (lactones) is 1. The van der Waals surface area contributed by atoms with Gasteiger partial charge in [-0.1, -0.05) is 18.2 Å². The monoisotopic (exact) mass is 370 g/mol. The summed E-state index contributed by atoms with van der Waals surface area (Å²) >= 11 is 0. The third kappa shape index (κ3) is 3.10. The molecule has 1 atom stereocenters. The van der Waals surface area contributed by atoms with Gasteiger partial charge in [-0.25, -0.2) is 0 Å². The number of hydrogen-bond donors (Lipinski definition) is 0. The molecule has 0 N–H and O–H groups in total. The molecule has 2 fully saturated rings. The highest BCUT2D eigenvalue weighted by Gasteiger charge is 2.51. The van der Waals surface area contributed by atoms with Crippen molar-refractivity contribution in [1.29, 1.82) is 0 Å². The van der Waals surface area contributed by atoms with Crippen LogP contribution in [0.5, 0.6) is 0 Å². The van der Waals surface area contributed by atoms with E-state index in [9.17, 15) is 9.59 Å². The summed E-state index contributed by atoms with van der Waals surface area (Å²) in [5.74, 6) is -0.150. The summed E-state index contributed by atoms with van der Waals surface area (Å²) < 4.78 is 7.35. The van der Waals surface area contributed by atoms with Gasteiger partial charge >= 0.3 is 5.97 Å². The fourth-order valence-electron chi connectivity index (χ4n) is 4.41. The number of likely N-dealkylation sites (tertiary alicyclic amines) is 1. The maximum atomic E-state index is 13.0. The second-order valence-electron chi connectivity index (χ2n) is 8.06. The predicted molar refractivity (Wildman–Crippen MR) is 101 cm³/mol. The molecule has 3 heterocycles. The van der Waals surface area contributed by atoms with Gasteiger partial charge in [0.2, 0.25) is 0 Å². The zero-order chi connectivity index (χ0) is 19.2. The van der Waals surface area contributed by atoms with E-state index < -0.39 is 5.41 Å². The van der Waals surface area contributed by atoms with E-state index in [4.69, 9.17) is 4.74 Å². The van der Waals surface area contributed by atoms with Crippen LogP contribution in [-0.4, -0.2) is 71.3 Å². The molecule has 1 spiro atoms. The summed E-state index contributed by atoms with van der Waals surface area (Å²) in [7, 11) is 5.82. The highest BCUT2D eigenvalue weighted by molar-refractivity contribution is 6.04. The molecule has 2 saturated heterocycles. The third-order valence-corrected chi connectivity index (χ3v) is 5.86. The van der Waals surface area contributed by atoms with Gasteiger partial charge in [-0.15, -0.1) is 0 Å². The quantitative estimate of drug-likeness (QED) is 0.769. The maximum Gasteiger partial charge on any atom is 0.312 e. The summed E-state index contributed by atoms with van der Waals surface area (Å²) in [5.41, 5.74) is 1.01. The Bertz CT molecular complexity index is 880. The molecule has 1 aromatic heterocycles. The third-order valence-electron chi connectivity index (χ3n) is 5.86. The van der Waals surface area contributed by atoms with Gasteiger partial charge in [-0.2, -0.15) is 5.10 Å². The number of ether oxygens (including phenoxy) is 1. The molecule has 2 aromatic rings. The molecule has 2 aliphatic rings. The van der Waals surface area contributed by atoms with Gasteiger partial charge in [-0.05, 0) is 33.0 Å².